The van der Waals surface area contributed by atoms with Crippen molar-refractivity contribution in [3.8, 4) is 0 Å². The molecule has 1 aromatic carbocycles. The Bertz CT molecular complexity index is 522. The van der Waals surface area contributed by atoms with Crippen molar-refractivity contribution in [3.05, 3.63) is 59.1 Å². The van der Waals surface area contributed by atoms with E-state index in [9.17, 15) is 8.78 Å². The quantitative estimate of drug-likeness (QED) is 0.755. The molecule has 90 valence electrons. The standard InChI is InChI=1S/C13H11BrF2O/c1-2-9-4-6-12(17-9)13(14)10-5-3-8(15)7-11(10)16/h3-7,13H,2H2,1H3. The van der Waals surface area contributed by atoms with Crippen LogP contribution in [-0.2, 0) is 6.42 Å². The van der Waals surface area contributed by atoms with Crippen LogP contribution in [0.3, 0.4) is 0 Å². The van der Waals surface area contributed by atoms with Crippen molar-refractivity contribution in [3.63, 3.8) is 0 Å². The Morgan fingerprint density at radius 2 is 2.00 bits per heavy atom. The summed E-state index contributed by atoms with van der Waals surface area (Å²) in [6.45, 7) is 1.98. The van der Waals surface area contributed by atoms with Crippen molar-refractivity contribution in [2.75, 3.05) is 0 Å². The fourth-order valence-electron chi connectivity index (χ4n) is 1.58. The fourth-order valence-corrected chi connectivity index (χ4v) is 2.20. The van der Waals surface area contributed by atoms with Crippen molar-refractivity contribution in [2.24, 2.45) is 0 Å². The molecule has 0 bridgehead atoms. The molecule has 0 aliphatic heterocycles. The SMILES string of the molecule is CCc1ccc(C(Br)c2ccc(F)cc2F)o1. The van der Waals surface area contributed by atoms with Gasteiger partial charge in [0.15, 0.2) is 0 Å². The van der Waals surface area contributed by atoms with Gasteiger partial charge in [-0.15, -0.1) is 0 Å². The summed E-state index contributed by atoms with van der Waals surface area (Å²) < 4.78 is 31.9. The first-order valence-electron chi connectivity index (χ1n) is 5.29. The van der Waals surface area contributed by atoms with Crippen molar-refractivity contribution in [2.45, 2.75) is 18.2 Å². The van der Waals surface area contributed by atoms with E-state index in [2.05, 4.69) is 15.9 Å². The zero-order chi connectivity index (χ0) is 12.4. The molecule has 0 fully saturated rings. The lowest BCUT2D eigenvalue weighted by atomic mass is 10.1. The zero-order valence-corrected chi connectivity index (χ0v) is 10.8. The molecule has 0 amide bonds. The Morgan fingerprint density at radius 3 is 2.59 bits per heavy atom. The minimum Gasteiger partial charge on any atom is -0.465 e. The molecule has 0 N–H and O–H groups in total. The highest BCUT2D eigenvalue weighted by Crippen LogP contribution is 2.33. The van der Waals surface area contributed by atoms with Gasteiger partial charge in [-0.05, 0) is 18.2 Å². The highest BCUT2D eigenvalue weighted by molar-refractivity contribution is 9.09. The normalized spacial score (nSPS) is 12.7. The van der Waals surface area contributed by atoms with Gasteiger partial charge in [0.25, 0.3) is 0 Å². The van der Waals surface area contributed by atoms with E-state index < -0.39 is 16.5 Å². The van der Waals surface area contributed by atoms with Crippen LogP contribution in [0.5, 0.6) is 0 Å². The second-order valence-electron chi connectivity index (χ2n) is 3.69. The number of halogens is 3. The van der Waals surface area contributed by atoms with E-state index >= 15 is 0 Å². The van der Waals surface area contributed by atoms with Gasteiger partial charge in [-0.3, -0.25) is 0 Å². The largest absolute Gasteiger partial charge is 0.465 e. The van der Waals surface area contributed by atoms with Gasteiger partial charge in [-0.2, -0.15) is 0 Å². The molecular weight excluding hydrogens is 290 g/mol. The maximum absolute atomic E-state index is 13.6. The summed E-state index contributed by atoms with van der Waals surface area (Å²) in [5.41, 5.74) is 0.364. The van der Waals surface area contributed by atoms with Crippen LogP contribution in [0.4, 0.5) is 8.78 Å². The lowest BCUT2D eigenvalue weighted by Crippen LogP contribution is -1.96. The van der Waals surface area contributed by atoms with Gasteiger partial charge in [0.1, 0.15) is 28.0 Å². The van der Waals surface area contributed by atoms with E-state index in [0.29, 0.717) is 11.3 Å². The first-order chi connectivity index (χ1) is 8.11. The molecule has 17 heavy (non-hydrogen) atoms. The molecule has 1 unspecified atom stereocenters. The fraction of sp³-hybridized carbons (Fsp3) is 0.231. The van der Waals surface area contributed by atoms with Crippen LogP contribution in [0, 0.1) is 11.6 Å². The van der Waals surface area contributed by atoms with E-state index in [0.717, 1.165) is 18.2 Å². The monoisotopic (exact) mass is 300 g/mol. The number of rotatable bonds is 3. The molecule has 0 aliphatic rings. The van der Waals surface area contributed by atoms with Crippen molar-refractivity contribution < 1.29 is 13.2 Å². The predicted octanol–water partition coefficient (Wildman–Crippen LogP) is 4.60. The summed E-state index contributed by atoms with van der Waals surface area (Å²) in [6.07, 6.45) is 0.783. The second-order valence-corrected chi connectivity index (χ2v) is 4.60. The van der Waals surface area contributed by atoms with E-state index in [1.807, 2.05) is 13.0 Å². The molecule has 1 nitrogen and oxygen atoms in total. The third-order valence-electron chi connectivity index (χ3n) is 2.52. The van der Waals surface area contributed by atoms with Crippen LogP contribution >= 0.6 is 15.9 Å². The number of alkyl halides is 1. The van der Waals surface area contributed by atoms with Gasteiger partial charge in [0.05, 0.1) is 0 Å². The molecule has 1 heterocycles. The van der Waals surface area contributed by atoms with Crippen molar-refractivity contribution >= 4 is 15.9 Å². The molecule has 0 aliphatic carbocycles. The molecule has 2 rings (SSSR count). The molecular formula is C13H11BrF2O. The van der Waals surface area contributed by atoms with Crippen molar-refractivity contribution in [1.29, 1.82) is 0 Å². The Labute approximate surface area is 107 Å². The molecule has 1 atom stereocenters. The summed E-state index contributed by atoms with van der Waals surface area (Å²) in [5, 5.41) is 0. The Balaban J connectivity index is 2.33. The minimum absolute atomic E-state index is 0.364. The average Bonchev–Trinajstić information content (AvgIpc) is 2.76. The van der Waals surface area contributed by atoms with Crippen LogP contribution in [0.2, 0.25) is 0 Å². The van der Waals surface area contributed by atoms with Crippen LogP contribution < -0.4 is 0 Å². The van der Waals surface area contributed by atoms with E-state index in [1.54, 1.807) is 6.07 Å². The van der Waals surface area contributed by atoms with E-state index in [1.165, 1.54) is 12.1 Å². The molecule has 0 radical (unpaired) electrons. The van der Waals surface area contributed by atoms with Gasteiger partial charge in [0, 0.05) is 18.1 Å². The van der Waals surface area contributed by atoms with Gasteiger partial charge < -0.3 is 4.42 Å². The number of benzene rings is 1. The number of hydrogen-bond acceptors (Lipinski definition) is 1. The van der Waals surface area contributed by atoms with Gasteiger partial charge in [0.2, 0.25) is 0 Å². The van der Waals surface area contributed by atoms with Gasteiger partial charge >= 0.3 is 0 Å². The molecule has 4 heteroatoms. The smallest absolute Gasteiger partial charge is 0.130 e. The predicted molar refractivity (Wildman–Crippen MR) is 65.2 cm³/mol. The lowest BCUT2D eigenvalue weighted by Gasteiger charge is -2.08. The molecule has 1 aromatic heterocycles. The average molecular weight is 301 g/mol. The molecule has 0 saturated carbocycles. The number of aryl methyl sites for hydroxylation is 1. The van der Waals surface area contributed by atoms with Crippen LogP contribution in [-0.4, -0.2) is 0 Å². The summed E-state index contributed by atoms with van der Waals surface area (Å²) in [5.74, 6) is 0.292. The second kappa shape index (κ2) is 5.00. The summed E-state index contributed by atoms with van der Waals surface area (Å²) in [6, 6.07) is 7.16. The molecule has 2 aromatic rings. The summed E-state index contributed by atoms with van der Waals surface area (Å²) in [7, 11) is 0. The summed E-state index contributed by atoms with van der Waals surface area (Å²) >= 11 is 3.36. The maximum atomic E-state index is 13.6. The summed E-state index contributed by atoms with van der Waals surface area (Å²) in [4.78, 5) is -0.400. The maximum Gasteiger partial charge on any atom is 0.130 e. The number of furan rings is 1. The Morgan fingerprint density at radius 1 is 1.24 bits per heavy atom. The van der Waals surface area contributed by atoms with Crippen molar-refractivity contribution in [1.82, 2.24) is 0 Å². The third-order valence-corrected chi connectivity index (χ3v) is 3.46. The van der Waals surface area contributed by atoms with Crippen LogP contribution in [0.1, 0.15) is 28.8 Å². The highest BCUT2D eigenvalue weighted by Gasteiger charge is 2.18. The topological polar surface area (TPSA) is 13.1 Å². The lowest BCUT2D eigenvalue weighted by molar-refractivity contribution is 0.473. The Kier molecular flexibility index (Phi) is 3.62. The molecule has 0 spiro atoms. The minimum atomic E-state index is -0.584. The van der Waals surface area contributed by atoms with E-state index in [-0.39, 0.29) is 0 Å². The first-order valence-corrected chi connectivity index (χ1v) is 6.21. The molecule has 0 saturated heterocycles. The van der Waals surface area contributed by atoms with Crippen LogP contribution in [0.15, 0.2) is 34.7 Å². The van der Waals surface area contributed by atoms with Gasteiger partial charge in [-0.25, -0.2) is 8.78 Å². The van der Waals surface area contributed by atoms with Gasteiger partial charge in [-0.1, -0.05) is 28.9 Å². The van der Waals surface area contributed by atoms with Crippen LogP contribution in [0.25, 0.3) is 0 Å². The third kappa shape index (κ3) is 2.57. The Hall–Kier alpha value is -1.16. The highest BCUT2D eigenvalue weighted by atomic mass is 79.9. The number of hydrogen-bond donors (Lipinski definition) is 0. The zero-order valence-electron chi connectivity index (χ0n) is 9.21. The first kappa shape index (κ1) is 12.3. The van der Waals surface area contributed by atoms with E-state index in [4.69, 9.17) is 4.42 Å².